The maximum Gasteiger partial charge on any atom is 0.330 e. The molecule has 0 aromatic carbocycles. The topological polar surface area (TPSA) is 43.4 Å². The Hall–Kier alpha value is -1.38. The van der Waals surface area contributed by atoms with Crippen molar-refractivity contribution in [2.75, 3.05) is 6.61 Å². The number of hydrogen-bond acceptors (Lipinski definition) is 3. The first-order chi connectivity index (χ1) is 5.70. The molecule has 66 valence electrons. The molecule has 3 heteroatoms. The second-order valence-electron chi connectivity index (χ2n) is 2.15. The zero-order valence-corrected chi connectivity index (χ0v) is 6.91. The summed E-state index contributed by atoms with van der Waals surface area (Å²) in [6, 6.07) is 0. The number of carbonyl (C=O) groups excluding carboxylic acids is 2. The van der Waals surface area contributed by atoms with Crippen LogP contribution in [0.3, 0.4) is 0 Å². The summed E-state index contributed by atoms with van der Waals surface area (Å²) in [4.78, 5) is 21.1. The van der Waals surface area contributed by atoms with Crippen molar-refractivity contribution in [3.63, 3.8) is 0 Å². The number of hydrogen-bond donors (Lipinski definition) is 0. The molecule has 0 rings (SSSR count). The lowest BCUT2D eigenvalue weighted by molar-refractivity contribution is -0.138. The minimum Gasteiger partial charge on any atom is -0.463 e. The fourth-order valence-corrected chi connectivity index (χ4v) is 0.580. The highest BCUT2D eigenvalue weighted by molar-refractivity contribution is 5.89. The van der Waals surface area contributed by atoms with Crippen molar-refractivity contribution in [1.29, 1.82) is 0 Å². The van der Waals surface area contributed by atoms with Crippen LogP contribution in [-0.2, 0) is 14.3 Å². The Morgan fingerprint density at radius 1 is 1.25 bits per heavy atom. The third-order valence-corrected chi connectivity index (χ3v) is 1.21. The van der Waals surface area contributed by atoms with Crippen LogP contribution < -0.4 is 0 Å². The van der Waals surface area contributed by atoms with E-state index in [0.29, 0.717) is 12.8 Å². The Morgan fingerprint density at radius 2 is 1.92 bits per heavy atom. The fraction of sp³-hybridized carbons (Fsp3) is 0.333. The van der Waals surface area contributed by atoms with Gasteiger partial charge in [-0.3, -0.25) is 4.79 Å². The van der Waals surface area contributed by atoms with Crippen molar-refractivity contribution < 1.29 is 14.3 Å². The number of rotatable bonds is 6. The van der Waals surface area contributed by atoms with Gasteiger partial charge in [-0.25, -0.2) is 4.79 Å². The molecule has 0 fully saturated rings. The molecule has 0 aliphatic rings. The van der Waals surface area contributed by atoms with Crippen LogP contribution in [0.4, 0.5) is 0 Å². The standard InChI is InChI=1S/C9H12O3/c1-3-8(10)6-5-7-12-9(11)4-2/h3-4H,1-2,5-7H2. The van der Waals surface area contributed by atoms with Gasteiger partial charge in [-0.1, -0.05) is 13.2 Å². The highest BCUT2D eigenvalue weighted by Gasteiger charge is 1.97. The van der Waals surface area contributed by atoms with E-state index >= 15 is 0 Å². The molecule has 0 heterocycles. The first-order valence-corrected chi connectivity index (χ1v) is 3.65. The molecule has 12 heavy (non-hydrogen) atoms. The van der Waals surface area contributed by atoms with Gasteiger partial charge in [-0.05, 0) is 12.5 Å². The van der Waals surface area contributed by atoms with Gasteiger partial charge < -0.3 is 4.74 Å². The largest absolute Gasteiger partial charge is 0.463 e. The normalized spacial score (nSPS) is 8.67. The molecule has 0 saturated heterocycles. The average Bonchev–Trinajstić information content (AvgIpc) is 2.11. The molecular formula is C9H12O3. The Balaban J connectivity index is 3.32. The van der Waals surface area contributed by atoms with Crippen LogP contribution in [0, 0.1) is 0 Å². The van der Waals surface area contributed by atoms with E-state index < -0.39 is 5.97 Å². The highest BCUT2D eigenvalue weighted by Crippen LogP contribution is 1.93. The Kier molecular flexibility index (Phi) is 5.61. The first-order valence-electron chi connectivity index (χ1n) is 3.65. The summed E-state index contributed by atoms with van der Waals surface area (Å²) in [6.45, 7) is 6.80. The number of carbonyl (C=O) groups is 2. The van der Waals surface area contributed by atoms with E-state index in [-0.39, 0.29) is 12.4 Å². The van der Waals surface area contributed by atoms with Crippen LogP contribution in [0.1, 0.15) is 12.8 Å². The summed E-state index contributed by atoms with van der Waals surface area (Å²) in [5.74, 6) is -0.495. The Bertz CT molecular complexity index is 172. The van der Waals surface area contributed by atoms with E-state index in [1.54, 1.807) is 0 Å². The van der Waals surface area contributed by atoms with Gasteiger partial charge in [0.25, 0.3) is 0 Å². The lowest BCUT2D eigenvalue weighted by Gasteiger charge is -1.98. The maximum atomic E-state index is 10.6. The van der Waals surface area contributed by atoms with E-state index in [1.807, 2.05) is 0 Å². The molecule has 3 nitrogen and oxygen atoms in total. The van der Waals surface area contributed by atoms with Gasteiger partial charge in [0, 0.05) is 12.5 Å². The lowest BCUT2D eigenvalue weighted by Crippen LogP contribution is -2.03. The van der Waals surface area contributed by atoms with Gasteiger partial charge in [0.1, 0.15) is 0 Å². The van der Waals surface area contributed by atoms with Gasteiger partial charge in [0.15, 0.2) is 5.78 Å². The number of ether oxygens (including phenoxy) is 1. The quantitative estimate of drug-likeness (QED) is 0.340. The molecular weight excluding hydrogens is 156 g/mol. The summed E-state index contributed by atoms with van der Waals surface area (Å²) in [5.41, 5.74) is 0. The summed E-state index contributed by atoms with van der Waals surface area (Å²) in [7, 11) is 0. The van der Waals surface area contributed by atoms with Crippen LogP contribution in [-0.4, -0.2) is 18.4 Å². The predicted molar refractivity (Wildman–Crippen MR) is 45.6 cm³/mol. The van der Waals surface area contributed by atoms with Gasteiger partial charge in [-0.15, -0.1) is 0 Å². The van der Waals surface area contributed by atoms with Crippen molar-refractivity contribution in [3.05, 3.63) is 25.3 Å². The summed E-state index contributed by atoms with van der Waals surface area (Å²) in [5, 5.41) is 0. The third-order valence-electron chi connectivity index (χ3n) is 1.21. The van der Waals surface area contributed by atoms with Crippen LogP contribution >= 0.6 is 0 Å². The Morgan fingerprint density at radius 3 is 2.42 bits per heavy atom. The van der Waals surface area contributed by atoms with Crippen LogP contribution in [0.5, 0.6) is 0 Å². The number of allylic oxidation sites excluding steroid dienone is 1. The predicted octanol–water partition coefficient (Wildman–Crippen LogP) is 1.25. The first kappa shape index (κ1) is 10.6. The van der Waals surface area contributed by atoms with Gasteiger partial charge in [0.2, 0.25) is 0 Å². The summed E-state index contributed by atoms with van der Waals surface area (Å²) < 4.78 is 4.64. The zero-order valence-electron chi connectivity index (χ0n) is 6.91. The van der Waals surface area contributed by atoms with E-state index in [2.05, 4.69) is 17.9 Å². The van der Waals surface area contributed by atoms with Crippen molar-refractivity contribution >= 4 is 11.8 Å². The molecule has 0 aliphatic carbocycles. The average molecular weight is 168 g/mol. The van der Waals surface area contributed by atoms with Gasteiger partial charge in [0.05, 0.1) is 6.61 Å². The third kappa shape index (κ3) is 5.41. The second-order valence-corrected chi connectivity index (χ2v) is 2.15. The van der Waals surface area contributed by atoms with Gasteiger partial charge in [-0.2, -0.15) is 0 Å². The van der Waals surface area contributed by atoms with Crippen LogP contribution in [0.15, 0.2) is 25.3 Å². The maximum absolute atomic E-state index is 10.6. The monoisotopic (exact) mass is 168 g/mol. The molecule has 0 aliphatic heterocycles. The SMILES string of the molecule is C=CC(=O)CCCOC(=O)C=C. The molecule has 0 aromatic rings. The molecule has 0 atom stereocenters. The molecule has 0 saturated carbocycles. The van der Waals surface area contributed by atoms with Crippen molar-refractivity contribution in [2.24, 2.45) is 0 Å². The lowest BCUT2D eigenvalue weighted by atomic mass is 10.2. The van der Waals surface area contributed by atoms with Crippen LogP contribution in [0.25, 0.3) is 0 Å². The molecule has 0 aromatic heterocycles. The molecule has 0 radical (unpaired) electrons. The molecule has 0 N–H and O–H groups in total. The molecule has 0 bridgehead atoms. The van der Waals surface area contributed by atoms with Gasteiger partial charge >= 0.3 is 5.97 Å². The molecule has 0 amide bonds. The Labute approximate surface area is 71.7 Å². The second kappa shape index (κ2) is 6.34. The highest BCUT2D eigenvalue weighted by atomic mass is 16.5. The van der Waals surface area contributed by atoms with Crippen LogP contribution in [0.2, 0.25) is 0 Å². The van der Waals surface area contributed by atoms with Crippen molar-refractivity contribution in [2.45, 2.75) is 12.8 Å². The summed E-state index contributed by atoms with van der Waals surface area (Å²) in [6.07, 6.45) is 3.25. The minimum atomic E-state index is -0.457. The summed E-state index contributed by atoms with van der Waals surface area (Å²) >= 11 is 0. The zero-order chi connectivity index (χ0) is 9.40. The van der Waals surface area contributed by atoms with E-state index in [9.17, 15) is 9.59 Å². The van der Waals surface area contributed by atoms with E-state index in [4.69, 9.17) is 0 Å². The van der Waals surface area contributed by atoms with Crippen molar-refractivity contribution in [1.82, 2.24) is 0 Å². The fourth-order valence-electron chi connectivity index (χ4n) is 0.580. The smallest absolute Gasteiger partial charge is 0.330 e. The number of esters is 1. The molecule has 0 spiro atoms. The number of ketones is 1. The minimum absolute atomic E-state index is 0.0374. The molecule has 0 unspecified atom stereocenters. The van der Waals surface area contributed by atoms with E-state index in [1.165, 1.54) is 6.08 Å². The van der Waals surface area contributed by atoms with E-state index in [0.717, 1.165) is 6.08 Å². The van der Waals surface area contributed by atoms with Crippen molar-refractivity contribution in [3.8, 4) is 0 Å².